The van der Waals surface area contributed by atoms with Gasteiger partial charge in [-0.3, -0.25) is 9.59 Å². The summed E-state index contributed by atoms with van der Waals surface area (Å²) < 4.78 is 0. The smallest absolute Gasteiger partial charge is 0.270 e. The van der Waals surface area contributed by atoms with Gasteiger partial charge in [0.2, 0.25) is 0 Å². The molecule has 0 bridgehead atoms. The summed E-state index contributed by atoms with van der Waals surface area (Å²) in [5.41, 5.74) is 7.80. The molecular formula is C18H23ClN4O2S. The van der Waals surface area contributed by atoms with E-state index in [4.69, 9.17) is 5.73 Å². The fourth-order valence-electron chi connectivity index (χ4n) is 2.87. The number of hydrogen-bond donors (Lipinski definition) is 2. The highest BCUT2D eigenvalue weighted by Crippen LogP contribution is 2.16. The summed E-state index contributed by atoms with van der Waals surface area (Å²) in [5.74, 6) is -0.115. The van der Waals surface area contributed by atoms with Crippen molar-refractivity contribution in [3.05, 3.63) is 51.5 Å². The molecule has 0 aliphatic carbocycles. The predicted molar refractivity (Wildman–Crippen MR) is 105 cm³/mol. The number of aromatic nitrogens is 1. The van der Waals surface area contributed by atoms with Gasteiger partial charge in [0.1, 0.15) is 10.7 Å². The number of hydrogen-bond acceptors (Lipinski definition) is 5. The number of halogens is 1. The van der Waals surface area contributed by atoms with Gasteiger partial charge in [0.15, 0.2) is 0 Å². The Balaban J connectivity index is 0.00000243. The van der Waals surface area contributed by atoms with Gasteiger partial charge in [0.25, 0.3) is 11.8 Å². The van der Waals surface area contributed by atoms with E-state index in [1.165, 1.54) is 11.3 Å². The van der Waals surface area contributed by atoms with E-state index in [2.05, 4.69) is 10.3 Å². The molecule has 0 saturated carbocycles. The van der Waals surface area contributed by atoms with Crippen LogP contribution in [0.2, 0.25) is 0 Å². The molecule has 3 rings (SSSR count). The van der Waals surface area contributed by atoms with Crippen molar-refractivity contribution in [2.45, 2.75) is 32.4 Å². The first-order valence-corrected chi connectivity index (χ1v) is 9.26. The van der Waals surface area contributed by atoms with Gasteiger partial charge in [-0.25, -0.2) is 4.98 Å². The molecule has 1 aliphatic heterocycles. The lowest BCUT2D eigenvalue weighted by Gasteiger charge is -2.32. The number of carbonyl (C=O) groups is 2. The standard InChI is InChI=1S/C18H22N4O2S.ClH/c1-12-2-4-13(5-3-12)18(24)22-8-6-14(7-9-22)20-17(23)15-11-25-16(10-19)21-15;/h2-5,11,14H,6-10,19H2,1H3,(H,20,23);1H. The molecule has 1 fully saturated rings. The molecule has 2 aromatic rings. The van der Waals surface area contributed by atoms with Gasteiger partial charge >= 0.3 is 0 Å². The van der Waals surface area contributed by atoms with Gasteiger partial charge in [0, 0.05) is 36.6 Å². The Labute approximate surface area is 163 Å². The Bertz CT molecular complexity index is 755. The minimum atomic E-state index is -0.167. The van der Waals surface area contributed by atoms with Gasteiger partial charge in [-0.2, -0.15) is 0 Å². The van der Waals surface area contributed by atoms with Crippen LogP contribution in [0, 0.1) is 6.92 Å². The first-order chi connectivity index (χ1) is 12.1. The molecule has 26 heavy (non-hydrogen) atoms. The van der Waals surface area contributed by atoms with E-state index < -0.39 is 0 Å². The zero-order valence-electron chi connectivity index (χ0n) is 14.6. The van der Waals surface area contributed by atoms with Crippen molar-refractivity contribution in [3.63, 3.8) is 0 Å². The number of aryl methyl sites for hydroxylation is 1. The molecule has 8 heteroatoms. The van der Waals surface area contributed by atoms with E-state index in [-0.39, 0.29) is 30.3 Å². The Morgan fingerprint density at radius 2 is 1.92 bits per heavy atom. The van der Waals surface area contributed by atoms with Crippen molar-refractivity contribution in [2.24, 2.45) is 5.73 Å². The number of nitrogens with two attached hydrogens (primary N) is 1. The molecule has 6 nitrogen and oxygen atoms in total. The normalized spacial score (nSPS) is 14.6. The van der Waals surface area contributed by atoms with Crippen LogP contribution in [0.1, 0.15) is 44.3 Å². The summed E-state index contributed by atoms with van der Waals surface area (Å²) in [6.45, 7) is 3.63. The average Bonchev–Trinajstić information content (AvgIpc) is 3.12. The molecule has 0 atom stereocenters. The monoisotopic (exact) mass is 394 g/mol. The summed E-state index contributed by atoms with van der Waals surface area (Å²) in [7, 11) is 0. The van der Waals surface area contributed by atoms with Crippen molar-refractivity contribution in [1.82, 2.24) is 15.2 Å². The van der Waals surface area contributed by atoms with E-state index >= 15 is 0 Å². The fraction of sp³-hybridized carbons (Fsp3) is 0.389. The number of rotatable bonds is 4. The number of carbonyl (C=O) groups excluding carboxylic acids is 2. The fourth-order valence-corrected chi connectivity index (χ4v) is 3.53. The van der Waals surface area contributed by atoms with Crippen LogP contribution in [0.4, 0.5) is 0 Å². The lowest BCUT2D eigenvalue weighted by molar-refractivity contribution is 0.0697. The minimum absolute atomic E-state index is 0. The maximum absolute atomic E-state index is 12.5. The lowest BCUT2D eigenvalue weighted by Crippen LogP contribution is -2.46. The number of benzene rings is 1. The van der Waals surface area contributed by atoms with E-state index in [0.717, 1.165) is 23.4 Å². The highest BCUT2D eigenvalue weighted by molar-refractivity contribution is 7.09. The molecule has 1 aromatic carbocycles. The third kappa shape index (κ3) is 4.81. The second-order valence-electron chi connectivity index (χ2n) is 6.24. The summed E-state index contributed by atoms with van der Waals surface area (Å²) in [4.78, 5) is 30.8. The summed E-state index contributed by atoms with van der Waals surface area (Å²) in [6.07, 6.45) is 1.49. The molecule has 0 radical (unpaired) electrons. The van der Waals surface area contributed by atoms with Crippen molar-refractivity contribution in [3.8, 4) is 0 Å². The minimum Gasteiger partial charge on any atom is -0.348 e. The van der Waals surface area contributed by atoms with Gasteiger partial charge in [-0.05, 0) is 31.9 Å². The van der Waals surface area contributed by atoms with Crippen LogP contribution in [0.5, 0.6) is 0 Å². The Morgan fingerprint density at radius 1 is 1.27 bits per heavy atom. The van der Waals surface area contributed by atoms with Crippen molar-refractivity contribution in [2.75, 3.05) is 13.1 Å². The molecule has 3 N–H and O–H groups in total. The maximum Gasteiger partial charge on any atom is 0.270 e. The highest BCUT2D eigenvalue weighted by Gasteiger charge is 2.25. The lowest BCUT2D eigenvalue weighted by atomic mass is 10.0. The van der Waals surface area contributed by atoms with Gasteiger partial charge < -0.3 is 16.0 Å². The molecule has 1 saturated heterocycles. The predicted octanol–water partition coefficient (Wildman–Crippen LogP) is 2.37. The van der Waals surface area contributed by atoms with Crippen LogP contribution in [0.25, 0.3) is 0 Å². The first kappa shape index (κ1) is 20.4. The van der Waals surface area contributed by atoms with Crippen LogP contribution >= 0.6 is 23.7 Å². The molecule has 1 aromatic heterocycles. The Kier molecular flexibility index (Phi) is 7.14. The van der Waals surface area contributed by atoms with Crippen LogP contribution in [-0.2, 0) is 6.54 Å². The maximum atomic E-state index is 12.5. The first-order valence-electron chi connectivity index (χ1n) is 8.38. The Morgan fingerprint density at radius 3 is 2.50 bits per heavy atom. The topological polar surface area (TPSA) is 88.3 Å². The van der Waals surface area contributed by atoms with E-state index in [9.17, 15) is 9.59 Å². The second kappa shape index (κ2) is 9.12. The molecule has 140 valence electrons. The average molecular weight is 395 g/mol. The number of amides is 2. The summed E-state index contributed by atoms with van der Waals surface area (Å²) >= 11 is 1.39. The third-order valence-corrected chi connectivity index (χ3v) is 5.25. The SMILES string of the molecule is Cc1ccc(C(=O)N2CCC(NC(=O)c3csc(CN)n3)CC2)cc1.Cl. The Hall–Kier alpha value is -1.96. The number of likely N-dealkylation sites (tertiary alicyclic amines) is 1. The molecular weight excluding hydrogens is 372 g/mol. The van der Waals surface area contributed by atoms with Crippen LogP contribution in [0.3, 0.4) is 0 Å². The van der Waals surface area contributed by atoms with E-state index in [1.807, 2.05) is 36.1 Å². The second-order valence-corrected chi connectivity index (χ2v) is 7.18. The molecule has 0 unspecified atom stereocenters. The molecule has 2 amide bonds. The molecule has 0 spiro atoms. The quantitative estimate of drug-likeness (QED) is 0.833. The zero-order chi connectivity index (χ0) is 17.8. The number of thiazole rings is 1. The zero-order valence-corrected chi connectivity index (χ0v) is 16.2. The summed E-state index contributed by atoms with van der Waals surface area (Å²) in [6, 6.07) is 7.69. The summed E-state index contributed by atoms with van der Waals surface area (Å²) in [5, 5.41) is 5.49. The van der Waals surface area contributed by atoms with Crippen LogP contribution in [0.15, 0.2) is 29.6 Å². The largest absolute Gasteiger partial charge is 0.348 e. The van der Waals surface area contributed by atoms with Crippen molar-refractivity contribution < 1.29 is 9.59 Å². The molecule has 1 aliphatic rings. The number of nitrogens with one attached hydrogen (secondary N) is 1. The van der Waals surface area contributed by atoms with Crippen LogP contribution < -0.4 is 11.1 Å². The van der Waals surface area contributed by atoms with Gasteiger partial charge in [-0.15, -0.1) is 23.7 Å². The highest BCUT2D eigenvalue weighted by atomic mass is 35.5. The van der Waals surface area contributed by atoms with E-state index in [1.54, 1.807) is 5.38 Å². The van der Waals surface area contributed by atoms with Crippen LogP contribution in [-0.4, -0.2) is 40.8 Å². The van der Waals surface area contributed by atoms with E-state index in [0.29, 0.717) is 30.9 Å². The van der Waals surface area contributed by atoms with Gasteiger partial charge in [0.05, 0.1) is 0 Å². The van der Waals surface area contributed by atoms with Gasteiger partial charge in [-0.1, -0.05) is 17.7 Å². The van der Waals surface area contributed by atoms with Crippen molar-refractivity contribution >= 4 is 35.6 Å². The number of piperidine rings is 1. The van der Waals surface area contributed by atoms with Crippen molar-refractivity contribution in [1.29, 1.82) is 0 Å². The number of nitrogens with zero attached hydrogens (tertiary/aromatic N) is 2. The molecule has 2 heterocycles. The third-order valence-electron chi connectivity index (χ3n) is 4.37.